The van der Waals surface area contributed by atoms with Gasteiger partial charge in [0.05, 0.1) is 0 Å². The molecule has 0 aromatic heterocycles. The summed E-state index contributed by atoms with van der Waals surface area (Å²) in [6.07, 6.45) is 4.57. The van der Waals surface area contributed by atoms with Gasteiger partial charge >= 0.3 is 0 Å². The molecule has 0 saturated heterocycles. The van der Waals surface area contributed by atoms with Crippen LogP contribution in [0.25, 0.3) is 0 Å². The van der Waals surface area contributed by atoms with Crippen molar-refractivity contribution < 1.29 is 8.78 Å². The molecule has 3 heteroatoms. The van der Waals surface area contributed by atoms with Crippen molar-refractivity contribution in [3.63, 3.8) is 0 Å². The van der Waals surface area contributed by atoms with E-state index < -0.39 is 11.6 Å². The highest BCUT2D eigenvalue weighted by Gasteiger charge is 2.33. The zero-order valence-corrected chi connectivity index (χ0v) is 11.8. The van der Waals surface area contributed by atoms with E-state index in [1.165, 1.54) is 12.1 Å². The first kappa shape index (κ1) is 14.4. The zero-order valence-electron chi connectivity index (χ0n) is 11.8. The minimum Gasteiger partial charge on any atom is -0.325 e. The summed E-state index contributed by atoms with van der Waals surface area (Å²) < 4.78 is 26.6. The van der Waals surface area contributed by atoms with Crippen LogP contribution in [0.5, 0.6) is 0 Å². The van der Waals surface area contributed by atoms with Crippen molar-refractivity contribution in [1.82, 2.24) is 0 Å². The third-order valence-electron chi connectivity index (χ3n) is 4.53. The van der Waals surface area contributed by atoms with Gasteiger partial charge in [0.25, 0.3) is 0 Å². The van der Waals surface area contributed by atoms with Crippen molar-refractivity contribution >= 4 is 0 Å². The van der Waals surface area contributed by atoms with E-state index in [2.05, 4.69) is 13.8 Å². The van der Waals surface area contributed by atoms with Crippen molar-refractivity contribution in [3.8, 4) is 0 Å². The average Bonchev–Trinajstić information content (AvgIpc) is 2.33. The molecule has 1 aromatic carbocycles. The Morgan fingerprint density at radius 3 is 2.42 bits per heavy atom. The van der Waals surface area contributed by atoms with Crippen LogP contribution in [0.4, 0.5) is 8.78 Å². The van der Waals surface area contributed by atoms with Gasteiger partial charge < -0.3 is 5.73 Å². The van der Waals surface area contributed by atoms with Crippen LogP contribution in [0.15, 0.2) is 18.2 Å². The first-order chi connectivity index (χ1) is 8.89. The van der Waals surface area contributed by atoms with E-state index in [0.29, 0.717) is 17.9 Å². The van der Waals surface area contributed by atoms with Gasteiger partial charge in [-0.15, -0.1) is 0 Å². The fourth-order valence-electron chi connectivity index (χ4n) is 3.10. The highest BCUT2D eigenvalue weighted by atomic mass is 19.1. The molecule has 0 spiro atoms. The Morgan fingerprint density at radius 2 is 1.89 bits per heavy atom. The molecule has 2 rings (SSSR count). The van der Waals surface area contributed by atoms with Crippen molar-refractivity contribution in [2.75, 3.05) is 0 Å². The lowest BCUT2D eigenvalue weighted by molar-refractivity contribution is 0.193. The molecule has 1 fully saturated rings. The number of hydrogen-bond donors (Lipinski definition) is 1. The van der Waals surface area contributed by atoms with E-state index in [4.69, 9.17) is 5.73 Å². The van der Waals surface area contributed by atoms with Crippen molar-refractivity contribution in [2.45, 2.75) is 51.5 Å². The molecule has 0 radical (unpaired) electrons. The van der Waals surface area contributed by atoms with Crippen LogP contribution in [0.1, 0.15) is 45.1 Å². The maximum absolute atomic E-state index is 13.7. The molecule has 0 aliphatic heterocycles. The molecule has 0 atom stereocenters. The largest absolute Gasteiger partial charge is 0.325 e. The predicted molar refractivity (Wildman–Crippen MR) is 73.8 cm³/mol. The maximum atomic E-state index is 13.7. The van der Waals surface area contributed by atoms with E-state index in [1.807, 2.05) is 0 Å². The van der Waals surface area contributed by atoms with Gasteiger partial charge in [-0.3, -0.25) is 0 Å². The summed E-state index contributed by atoms with van der Waals surface area (Å²) in [6, 6.07) is 3.77. The Balaban J connectivity index is 2.03. The van der Waals surface area contributed by atoms with Crippen LogP contribution in [0, 0.1) is 23.5 Å². The van der Waals surface area contributed by atoms with Gasteiger partial charge in [0.15, 0.2) is 0 Å². The highest BCUT2D eigenvalue weighted by molar-refractivity contribution is 5.21. The van der Waals surface area contributed by atoms with Crippen LogP contribution in [0.2, 0.25) is 0 Å². The molecule has 0 amide bonds. The van der Waals surface area contributed by atoms with Crippen molar-refractivity contribution in [2.24, 2.45) is 17.6 Å². The van der Waals surface area contributed by atoms with E-state index in [9.17, 15) is 8.78 Å². The number of rotatable bonds is 3. The molecule has 1 aromatic rings. The highest BCUT2D eigenvalue weighted by Crippen LogP contribution is 2.36. The topological polar surface area (TPSA) is 26.0 Å². The molecule has 19 heavy (non-hydrogen) atoms. The third kappa shape index (κ3) is 3.53. The summed E-state index contributed by atoms with van der Waals surface area (Å²) in [5.41, 5.74) is 6.60. The SMILES string of the molecule is CC(C)C1CCC(N)(Cc2ccc(F)cc2F)CC1. The van der Waals surface area contributed by atoms with E-state index in [1.54, 1.807) is 0 Å². The van der Waals surface area contributed by atoms with Gasteiger partial charge in [-0.25, -0.2) is 8.78 Å². The van der Waals surface area contributed by atoms with E-state index in [-0.39, 0.29) is 5.54 Å². The summed E-state index contributed by atoms with van der Waals surface area (Å²) in [7, 11) is 0. The Morgan fingerprint density at radius 1 is 1.26 bits per heavy atom. The molecule has 1 nitrogen and oxygen atoms in total. The fourth-order valence-corrected chi connectivity index (χ4v) is 3.10. The lowest BCUT2D eigenvalue weighted by Gasteiger charge is -2.38. The van der Waals surface area contributed by atoms with Gasteiger partial charge in [-0.2, -0.15) is 0 Å². The Bertz CT molecular complexity index is 434. The van der Waals surface area contributed by atoms with Gasteiger partial charge in [0.1, 0.15) is 11.6 Å². The van der Waals surface area contributed by atoms with Gasteiger partial charge in [0.2, 0.25) is 0 Å². The van der Waals surface area contributed by atoms with Crippen LogP contribution in [-0.2, 0) is 6.42 Å². The van der Waals surface area contributed by atoms with Gasteiger partial charge in [-0.1, -0.05) is 19.9 Å². The molecule has 0 heterocycles. The first-order valence-corrected chi connectivity index (χ1v) is 7.12. The maximum Gasteiger partial charge on any atom is 0.129 e. The normalized spacial score (nSPS) is 27.8. The Hall–Kier alpha value is -0.960. The Kier molecular flexibility index (Phi) is 4.24. The van der Waals surface area contributed by atoms with E-state index in [0.717, 1.165) is 37.7 Å². The second kappa shape index (κ2) is 5.58. The molecular formula is C16H23F2N. The van der Waals surface area contributed by atoms with Gasteiger partial charge in [-0.05, 0) is 55.6 Å². The lowest BCUT2D eigenvalue weighted by atomic mass is 9.71. The molecule has 1 saturated carbocycles. The second-order valence-electron chi connectivity index (χ2n) is 6.36. The van der Waals surface area contributed by atoms with Crippen molar-refractivity contribution in [3.05, 3.63) is 35.4 Å². The molecule has 1 aliphatic carbocycles. The number of nitrogens with two attached hydrogens (primary N) is 1. The zero-order chi connectivity index (χ0) is 14.0. The van der Waals surface area contributed by atoms with Crippen LogP contribution in [0.3, 0.4) is 0 Å². The van der Waals surface area contributed by atoms with Crippen LogP contribution in [-0.4, -0.2) is 5.54 Å². The monoisotopic (exact) mass is 267 g/mol. The molecule has 1 aliphatic rings. The third-order valence-corrected chi connectivity index (χ3v) is 4.53. The number of halogens is 2. The van der Waals surface area contributed by atoms with Crippen molar-refractivity contribution in [1.29, 1.82) is 0 Å². The van der Waals surface area contributed by atoms with E-state index >= 15 is 0 Å². The summed E-state index contributed by atoms with van der Waals surface area (Å²) in [5, 5.41) is 0. The predicted octanol–water partition coefficient (Wildman–Crippen LogP) is 4.05. The Labute approximate surface area is 114 Å². The molecule has 2 N–H and O–H groups in total. The minimum atomic E-state index is -0.532. The first-order valence-electron chi connectivity index (χ1n) is 7.12. The summed E-state index contributed by atoms with van der Waals surface area (Å²) in [6.45, 7) is 4.49. The molecule has 0 bridgehead atoms. The average molecular weight is 267 g/mol. The van der Waals surface area contributed by atoms with Crippen LogP contribution >= 0.6 is 0 Å². The fraction of sp³-hybridized carbons (Fsp3) is 0.625. The second-order valence-corrected chi connectivity index (χ2v) is 6.36. The summed E-state index contributed by atoms with van der Waals surface area (Å²) >= 11 is 0. The lowest BCUT2D eigenvalue weighted by Crippen LogP contribution is -2.46. The van der Waals surface area contributed by atoms with Gasteiger partial charge in [0, 0.05) is 11.6 Å². The molecule has 106 valence electrons. The molecule has 0 unspecified atom stereocenters. The molecular weight excluding hydrogens is 244 g/mol. The smallest absolute Gasteiger partial charge is 0.129 e. The quantitative estimate of drug-likeness (QED) is 0.878. The number of benzene rings is 1. The number of hydrogen-bond acceptors (Lipinski definition) is 1. The van der Waals surface area contributed by atoms with Crippen LogP contribution < -0.4 is 5.73 Å². The summed E-state index contributed by atoms with van der Waals surface area (Å²) in [4.78, 5) is 0. The summed E-state index contributed by atoms with van der Waals surface area (Å²) in [5.74, 6) is 0.411. The minimum absolute atomic E-state index is 0.329. The standard InChI is InChI=1S/C16H23F2N/c1-11(2)12-5-7-16(19,8-6-12)10-13-3-4-14(17)9-15(13)18/h3-4,9,11-12H,5-8,10,19H2,1-2H3.